The summed E-state index contributed by atoms with van der Waals surface area (Å²) in [4.78, 5) is 24.1. The number of nitrogens with one attached hydrogen (secondary N) is 1. The Bertz CT molecular complexity index is 483. The van der Waals surface area contributed by atoms with Crippen molar-refractivity contribution in [3.8, 4) is 0 Å². The van der Waals surface area contributed by atoms with Crippen LogP contribution < -0.4 is 5.32 Å². The third kappa shape index (κ3) is 4.06. The number of benzene rings is 1. The summed E-state index contributed by atoms with van der Waals surface area (Å²) in [5.41, 5.74) is 0.886. The second-order valence-electron chi connectivity index (χ2n) is 5.00. The van der Waals surface area contributed by atoms with Crippen molar-refractivity contribution >= 4 is 23.3 Å². The highest BCUT2D eigenvalue weighted by atomic mass is 35.5. The number of hydrogen-bond donors (Lipinski definition) is 1. The van der Waals surface area contributed by atoms with E-state index in [1.54, 1.807) is 18.2 Å². The molecule has 104 valence electrons. The van der Waals surface area contributed by atoms with Crippen molar-refractivity contribution in [3.63, 3.8) is 0 Å². The van der Waals surface area contributed by atoms with Crippen molar-refractivity contribution in [2.45, 2.75) is 40.2 Å². The Kier molecular flexibility index (Phi) is 5.55. The molecule has 1 aromatic rings. The van der Waals surface area contributed by atoms with Gasteiger partial charge in [-0.2, -0.15) is 0 Å². The highest BCUT2D eigenvalue weighted by Crippen LogP contribution is 2.22. The standard InChI is InChI=1S/C15H20ClNO2/c1-5-10(4)14(18)12-8-11(6-7-13(12)16)15(19)17-9(2)3/h6-10H,5H2,1-4H3,(H,17,19). The maximum Gasteiger partial charge on any atom is 0.251 e. The maximum absolute atomic E-state index is 12.2. The highest BCUT2D eigenvalue weighted by Gasteiger charge is 2.18. The van der Waals surface area contributed by atoms with E-state index in [1.807, 2.05) is 27.7 Å². The number of ketones is 1. The van der Waals surface area contributed by atoms with Crippen molar-refractivity contribution in [3.05, 3.63) is 34.3 Å². The first-order valence-corrected chi connectivity index (χ1v) is 6.89. The smallest absolute Gasteiger partial charge is 0.251 e. The van der Waals surface area contributed by atoms with Crippen LogP contribution in [0.25, 0.3) is 0 Å². The maximum atomic E-state index is 12.2. The van der Waals surface area contributed by atoms with Crippen LogP contribution in [0, 0.1) is 5.92 Å². The molecule has 1 aromatic carbocycles. The highest BCUT2D eigenvalue weighted by molar-refractivity contribution is 6.34. The number of hydrogen-bond acceptors (Lipinski definition) is 2. The molecule has 0 spiro atoms. The number of amides is 1. The van der Waals surface area contributed by atoms with E-state index in [1.165, 1.54) is 0 Å². The van der Waals surface area contributed by atoms with E-state index >= 15 is 0 Å². The summed E-state index contributed by atoms with van der Waals surface area (Å²) in [7, 11) is 0. The molecule has 4 heteroatoms. The molecule has 1 unspecified atom stereocenters. The van der Waals surface area contributed by atoms with E-state index in [9.17, 15) is 9.59 Å². The lowest BCUT2D eigenvalue weighted by molar-refractivity contribution is 0.0927. The van der Waals surface area contributed by atoms with Crippen LogP contribution in [0.1, 0.15) is 54.8 Å². The number of carbonyl (C=O) groups is 2. The second kappa shape index (κ2) is 6.71. The number of halogens is 1. The fourth-order valence-corrected chi connectivity index (χ4v) is 1.86. The molecule has 0 radical (unpaired) electrons. The number of rotatable bonds is 5. The molecule has 0 aliphatic rings. The molecule has 0 saturated heterocycles. The first-order valence-electron chi connectivity index (χ1n) is 6.51. The Morgan fingerprint density at radius 3 is 2.42 bits per heavy atom. The van der Waals surface area contributed by atoms with Gasteiger partial charge in [-0.25, -0.2) is 0 Å². The quantitative estimate of drug-likeness (QED) is 0.837. The van der Waals surface area contributed by atoms with Gasteiger partial charge in [-0.3, -0.25) is 9.59 Å². The van der Waals surface area contributed by atoms with E-state index in [-0.39, 0.29) is 23.7 Å². The zero-order chi connectivity index (χ0) is 14.6. The van der Waals surface area contributed by atoms with Gasteiger partial charge in [0.1, 0.15) is 0 Å². The Balaban J connectivity index is 3.07. The number of carbonyl (C=O) groups excluding carboxylic acids is 2. The summed E-state index contributed by atoms with van der Waals surface area (Å²) in [6.07, 6.45) is 0.748. The van der Waals surface area contributed by atoms with Gasteiger partial charge in [-0.15, -0.1) is 0 Å². The summed E-state index contributed by atoms with van der Waals surface area (Å²) in [5.74, 6) is -0.308. The van der Waals surface area contributed by atoms with Crippen LogP contribution in [-0.4, -0.2) is 17.7 Å². The van der Waals surface area contributed by atoms with Gasteiger partial charge in [-0.05, 0) is 38.5 Å². The lowest BCUT2D eigenvalue weighted by Crippen LogP contribution is -2.30. The van der Waals surface area contributed by atoms with Crippen LogP contribution in [0.5, 0.6) is 0 Å². The van der Waals surface area contributed by atoms with Gasteiger partial charge in [0.2, 0.25) is 0 Å². The zero-order valence-electron chi connectivity index (χ0n) is 11.8. The molecule has 0 saturated carbocycles. The predicted molar refractivity (Wildman–Crippen MR) is 77.8 cm³/mol. The second-order valence-corrected chi connectivity index (χ2v) is 5.40. The van der Waals surface area contributed by atoms with Crippen LogP contribution in [0.15, 0.2) is 18.2 Å². The molecule has 0 fully saturated rings. The van der Waals surface area contributed by atoms with Crippen LogP contribution in [0.4, 0.5) is 0 Å². The summed E-state index contributed by atoms with van der Waals surface area (Å²) in [6.45, 7) is 7.59. The summed E-state index contributed by atoms with van der Waals surface area (Å²) >= 11 is 6.05. The molecule has 0 bridgehead atoms. The number of Topliss-reactive ketones (excluding diaryl/α,β-unsaturated/α-hetero) is 1. The van der Waals surface area contributed by atoms with Gasteiger partial charge in [0.15, 0.2) is 5.78 Å². The van der Waals surface area contributed by atoms with E-state index < -0.39 is 0 Å². The SMILES string of the molecule is CCC(C)C(=O)c1cc(C(=O)NC(C)C)ccc1Cl. The summed E-state index contributed by atoms with van der Waals surface area (Å²) in [6, 6.07) is 4.87. The summed E-state index contributed by atoms with van der Waals surface area (Å²) in [5, 5.41) is 3.19. The van der Waals surface area contributed by atoms with Gasteiger partial charge < -0.3 is 5.32 Å². The Labute approximate surface area is 119 Å². The van der Waals surface area contributed by atoms with Gasteiger partial charge in [-0.1, -0.05) is 25.4 Å². The zero-order valence-corrected chi connectivity index (χ0v) is 12.5. The van der Waals surface area contributed by atoms with Crippen LogP contribution in [-0.2, 0) is 0 Å². The van der Waals surface area contributed by atoms with Crippen LogP contribution in [0.2, 0.25) is 5.02 Å². The van der Waals surface area contributed by atoms with Crippen molar-refractivity contribution in [2.75, 3.05) is 0 Å². The minimum absolute atomic E-state index is 0.0216. The van der Waals surface area contributed by atoms with Crippen LogP contribution >= 0.6 is 11.6 Å². The lowest BCUT2D eigenvalue weighted by atomic mass is 9.96. The molecule has 0 aliphatic heterocycles. The van der Waals surface area contributed by atoms with E-state index in [0.717, 1.165) is 6.42 Å². The van der Waals surface area contributed by atoms with E-state index in [2.05, 4.69) is 5.32 Å². The fraction of sp³-hybridized carbons (Fsp3) is 0.467. The molecule has 1 amide bonds. The average Bonchev–Trinajstić information content (AvgIpc) is 2.36. The van der Waals surface area contributed by atoms with E-state index in [0.29, 0.717) is 16.1 Å². The molecule has 0 aromatic heterocycles. The predicted octanol–water partition coefficient (Wildman–Crippen LogP) is 3.71. The minimum Gasteiger partial charge on any atom is -0.350 e. The minimum atomic E-state index is -0.190. The average molecular weight is 282 g/mol. The fourth-order valence-electron chi connectivity index (χ4n) is 1.65. The van der Waals surface area contributed by atoms with Gasteiger partial charge in [0.05, 0.1) is 5.02 Å². The third-order valence-corrected chi connectivity index (χ3v) is 3.30. The molecular weight excluding hydrogens is 262 g/mol. The lowest BCUT2D eigenvalue weighted by Gasteiger charge is -2.12. The first-order chi connectivity index (χ1) is 8.86. The molecule has 1 N–H and O–H groups in total. The molecule has 1 atom stereocenters. The van der Waals surface area contributed by atoms with Crippen molar-refractivity contribution in [1.29, 1.82) is 0 Å². The van der Waals surface area contributed by atoms with Gasteiger partial charge in [0.25, 0.3) is 5.91 Å². The molecule has 1 rings (SSSR count). The van der Waals surface area contributed by atoms with Crippen molar-refractivity contribution < 1.29 is 9.59 Å². The topological polar surface area (TPSA) is 46.2 Å². The molecule has 19 heavy (non-hydrogen) atoms. The molecule has 3 nitrogen and oxygen atoms in total. The molecule has 0 heterocycles. The first kappa shape index (κ1) is 15.7. The van der Waals surface area contributed by atoms with Crippen molar-refractivity contribution in [1.82, 2.24) is 5.32 Å². The molecule has 0 aliphatic carbocycles. The van der Waals surface area contributed by atoms with Crippen LogP contribution in [0.3, 0.4) is 0 Å². The summed E-state index contributed by atoms with van der Waals surface area (Å²) < 4.78 is 0. The van der Waals surface area contributed by atoms with Crippen molar-refractivity contribution in [2.24, 2.45) is 5.92 Å². The van der Waals surface area contributed by atoms with Gasteiger partial charge >= 0.3 is 0 Å². The monoisotopic (exact) mass is 281 g/mol. The Morgan fingerprint density at radius 2 is 1.89 bits per heavy atom. The van der Waals surface area contributed by atoms with Gasteiger partial charge in [0, 0.05) is 23.1 Å². The normalized spacial score (nSPS) is 12.3. The third-order valence-electron chi connectivity index (χ3n) is 2.97. The van der Waals surface area contributed by atoms with E-state index in [4.69, 9.17) is 11.6 Å². The largest absolute Gasteiger partial charge is 0.350 e. The Hall–Kier alpha value is -1.35. The Morgan fingerprint density at radius 1 is 1.26 bits per heavy atom. The molecular formula is C15H20ClNO2.